The molecule has 1 saturated heterocycles. The standard InChI is InChI=1S/C22H26N4O2/c1-14-4-5-19-20(10-14)24-22(23-19)17-6-8-25(9-7-17)21(28)13-26-15(2)11-18(27)12-16(26)3/h4-5,10-12,17H,6-9,13H2,1-3H3,(H,23,24). The Bertz CT molecular complexity index is 1060. The first-order chi connectivity index (χ1) is 13.4. The molecule has 0 atom stereocenters. The minimum Gasteiger partial charge on any atom is -0.342 e. The van der Waals surface area contributed by atoms with Crippen molar-refractivity contribution in [2.24, 2.45) is 0 Å². The molecule has 1 aliphatic rings. The fourth-order valence-corrected chi connectivity index (χ4v) is 4.11. The second-order valence-electron chi connectivity index (χ2n) is 7.86. The van der Waals surface area contributed by atoms with E-state index in [1.165, 1.54) is 5.56 Å². The van der Waals surface area contributed by atoms with Gasteiger partial charge in [-0.3, -0.25) is 9.59 Å². The summed E-state index contributed by atoms with van der Waals surface area (Å²) in [4.78, 5) is 34.5. The van der Waals surface area contributed by atoms with Gasteiger partial charge in [0.2, 0.25) is 5.91 Å². The lowest BCUT2D eigenvalue weighted by molar-refractivity contribution is -0.133. The molecule has 3 aromatic rings. The largest absolute Gasteiger partial charge is 0.342 e. The third kappa shape index (κ3) is 3.59. The molecule has 0 unspecified atom stereocenters. The van der Waals surface area contributed by atoms with Crippen LogP contribution in [-0.2, 0) is 11.3 Å². The Hall–Kier alpha value is -2.89. The number of aromatic amines is 1. The van der Waals surface area contributed by atoms with Crippen LogP contribution in [0.5, 0.6) is 0 Å². The normalized spacial score (nSPS) is 15.3. The van der Waals surface area contributed by atoms with Crippen LogP contribution in [0, 0.1) is 20.8 Å². The van der Waals surface area contributed by atoms with Crippen LogP contribution < -0.4 is 5.43 Å². The fourth-order valence-electron chi connectivity index (χ4n) is 4.11. The number of piperidine rings is 1. The number of carbonyl (C=O) groups excluding carboxylic acids is 1. The molecule has 2 aromatic heterocycles. The topological polar surface area (TPSA) is 71.0 Å². The van der Waals surface area contributed by atoms with Crippen LogP contribution in [0.2, 0.25) is 0 Å². The van der Waals surface area contributed by atoms with Crippen molar-refractivity contribution in [1.82, 2.24) is 19.4 Å². The molecule has 146 valence electrons. The number of hydrogen-bond acceptors (Lipinski definition) is 3. The number of nitrogens with one attached hydrogen (secondary N) is 1. The molecule has 1 fully saturated rings. The predicted molar refractivity (Wildman–Crippen MR) is 110 cm³/mol. The molecule has 0 aliphatic carbocycles. The van der Waals surface area contributed by atoms with Crippen LogP contribution in [0.4, 0.5) is 0 Å². The average molecular weight is 378 g/mol. The van der Waals surface area contributed by atoms with Gasteiger partial charge in [-0.25, -0.2) is 4.98 Å². The van der Waals surface area contributed by atoms with Gasteiger partial charge in [-0.15, -0.1) is 0 Å². The third-order valence-corrected chi connectivity index (χ3v) is 5.74. The number of benzene rings is 1. The predicted octanol–water partition coefficient (Wildman–Crippen LogP) is 3.06. The van der Waals surface area contributed by atoms with Gasteiger partial charge in [-0.2, -0.15) is 0 Å². The van der Waals surface area contributed by atoms with Gasteiger partial charge in [0.05, 0.1) is 11.0 Å². The van der Waals surface area contributed by atoms with Crippen molar-refractivity contribution in [3.63, 3.8) is 0 Å². The molecule has 6 nitrogen and oxygen atoms in total. The van der Waals surface area contributed by atoms with Crippen molar-refractivity contribution in [3.8, 4) is 0 Å². The second kappa shape index (κ2) is 7.26. The maximum Gasteiger partial charge on any atom is 0.242 e. The number of fused-ring (bicyclic) bond motifs is 1. The van der Waals surface area contributed by atoms with Gasteiger partial charge >= 0.3 is 0 Å². The van der Waals surface area contributed by atoms with Crippen molar-refractivity contribution in [2.75, 3.05) is 13.1 Å². The number of nitrogens with zero attached hydrogens (tertiary/aromatic N) is 3. The van der Waals surface area contributed by atoms with Crippen LogP contribution in [0.15, 0.2) is 35.1 Å². The number of hydrogen-bond donors (Lipinski definition) is 1. The Balaban J connectivity index is 1.42. The smallest absolute Gasteiger partial charge is 0.242 e. The van der Waals surface area contributed by atoms with E-state index < -0.39 is 0 Å². The molecule has 3 heterocycles. The van der Waals surface area contributed by atoms with E-state index in [2.05, 4.69) is 30.1 Å². The summed E-state index contributed by atoms with van der Waals surface area (Å²) in [5.74, 6) is 1.49. The number of aryl methyl sites for hydroxylation is 3. The zero-order valence-corrected chi connectivity index (χ0v) is 16.7. The van der Waals surface area contributed by atoms with Gasteiger partial charge in [-0.05, 0) is 51.3 Å². The first-order valence-corrected chi connectivity index (χ1v) is 9.83. The summed E-state index contributed by atoms with van der Waals surface area (Å²) in [5, 5.41) is 0. The summed E-state index contributed by atoms with van der Waals surface area (Å²) in [6.45, 7) is 7.58. The molecule has 0 radical (unpaired) electrons. The van der Waals surface area contributed by atoms with Crippen molar-refractivity contribution in [2.45, 2.75) is 46.1 Å². The third-order valence-electron chi connectivity index (χ3n) is 5.74. The Labute approximate surface area is 164 Å². The first kappa shape index (κ1) is 18.5. The van der Waals surface area contributed by atoms with Gasteiger partial charge in [0.1, 0.15) is 12.4 Å². The van der Waals surface area contributed by atoms with Crippen molar-refractivity contribution < 1.29 is 4.79 Å². The summed E-state index contributed by atoms with van der Waals surface area (Å²) in [7, 11) is 0. The quantitative estimate of drug-likeness (QED) is 0.761. The highest BCUT2D eigenvalue weighted by Gasteiger charge is 2.26. The lowest BCUT2D eigenvalue weighted by Gasteiger charge is -2.31. The first-order valence-electron chi connectivity index (χ1n) is 9.83. The number of aromatic nitrogens is 3. The van der Waals surface area contributed by atoms with E-state index in [-0.39, 0.29) is 17.9 Å². The number of imidazole rings is 1. The fraction of sp³-hybridized carbons (Fsp3) is 0.409. The number of H-pyrrole nitrogens is 1. The second-order valence-corrected chi connectivity index (χ2v) is 7.86. The van der Waals surface area contributed by atoms with Gasteiger partial charge in [0.15, 0.2) is 5.43 Å². The Morgan fingerprint density at radius 2 is 1.79 bits per heavy atom. The van der Waals surface area contributed by atoms with E-state index in [1.54, 1.807) is 12.1 Å². The van der Waals surface area contributed by atoms with E-state index in [1.807, 2.05) is 23.3 Å². The number of carbonyl (C=O) groups is 1. The molecule has 1 aliphatic heterocycles. The summed E-state index contributed by atoms with van der Waals surface area (Å²) in [6, 6.07) is 9.42. The van der Waals surface area contributed by atoms with Gasteiger partial charge in [-0.1, -0.05) is 6.07 Å². The molecular weight excluding hydrogens is 352 g/mol. The highest BCUT2D eigenvalue weighted by Crippen LogP contribution is 2.28. The van der Waals surface area contributed by atoms with Crippen LogP contribution in [0.25, 0.3) is 11.0 Å². The van der Waals surface area contributed by atoms with Gasteiger partial charge < -0.3 is 14.5 Å². The lowest BCUT2D eigenvalue weighted by atomic mass is 9.96. The minimum atomic E-state index is -0.0134. The Kier molecular flexibility index (Phi) is 4.79. The zero-order chi connectivity index (χ0) is 19.8. The molecule has 0 spiro atoms. The minimum absolute atomic E-state index is 0.0134. The maximum absolute atomic E-state index is 12.8. The van der Waals surface area contributed by atoms with E-state index in [4.69, 9.17) is 4.98 Å². The van der Waals surface area contributed by atoms with Crippen molar-refractivity contribution in [1.29, 1.82) is 0 Å². The summed E-state index contributed by atoms with van der Waals surface area (Å²) in [5.41, 5.74) is 4.94. The number of pyridine rings is 1. The highest BCUT2D eigenvalue weighted by atomic mass is 16.2. The highest BCUT2D eigenvalue weighted by molar-refractivity contribution is 5.77. The Morgan fingerprint density at radius 3 is 2.46 bits per heavy atom. The Morgan fingerprint density at radius 1 is 1.11 bits per heavy atom. The number of rotatable bonds is 3. The molecule has 6 heteroatoms. The van der Waals surface area contributed by atoms with Crippen LogP contribution in [0.3, 0.4) is 0 Å². The SMILES string of the molecule is Cc1ccc2nc(C3CCN(C(=O)Cn4c(C)cc(=O)cc4C)CC3)[nH]c2c1. The van der Waals surface area contributed by atoms with E-state index in [9.17, 15) is 9.59 Å². The number of amides is 1. The van der Waals surface area contributed by atoms with Crippen molar-refractivity contribution >= 4 is 16.9 Å². The van der Waals surface area contributed by atoms with E-state index in [0.717, 1.165) is 54.2 Å². The number of likely N-dealkylation sites (tertiary alicyclic amines) is 1. The molecule has 0 saturated carbocycles. The average Bonchev–Trinajstić information content (AvgIpc) is 3.07. The van der Waals surface area contributed by atoms with Crippen LogP contribution in [-0.4, -0.2) is 38.4 Å². The summed E-state index contributed by atoms with van der Waals surface area (Å²) >= 11 is 0. The molecule has 4 rings (SSSR count). The van der Waals surface area contributed by atoms with Gasteiger partial charge in [0, 0.05) is 42.5 Å². The van der Waals surface area contributed by atoms with Crippen LogP contribution >= 0.6 is 0 Å². The van der Waals surface area contributed by atoms with Gasteiger partial charge in [0.25, 0.3) is 0 Å². The van der Waals surface area contributed by atoms with Crippen molar-refractivity contribution in [3.05, 3.63) is 63.3 Å². The van der Waals surface area contributed by atoms with E-state index in [0.29, 0.717) is 5.92 Å². The molecule has 0 bridgehead atoms. The lowest BCUT2D eigenvalue weighted by Crippen LogP contribution is -2.40. The molecule has 1 N–H and O–H groups in total. The van der Waals surface area contributed by atoms with Crippen LogP contribution in [0.1, 0.15) is 41.5 Å². The molecule has 28 heavy (non-hydrogen) atoms. The summed E-state index contributed by atoms with van der Waals surface area (Å²) in [6.07, 6.45) is 1.82. The molecule has 1 amide bonds. The van der Waals surface area contributed by atoms with E-state index >= 15 is 0 Å². The zero-order valence-electron chi connectivity index (χ0n) is 16.7. The summed E-state index contributed by atoms with van der Waals surface area (Å²) < 4.78 is 1.91. The molecule has 1 aromatic carbocycles. The monoisotopic (exact) mass is 378 g/mol. The molecular formula is C22H26N4O2. The maximum atomic E-state index is 12.8.